The molecule has 0 radical (unpaired) electrons. The summed E-state index contributed by atoms with van der Waals surface area (Å²) in [7, 11) is 0. The first-order valence-electron chi connectivity index (χ1n) is 8.76. The standard InChI is InChI=1S/C21H25NO3/c1-14-10-15(2)20(16(3)11-14)22-21(23)17-6-4-7-18(12-17)25-13-19-8-5-9-24-19/h4,6-7,10-12,19H,5,8-9,13H2,1-3H3,(H,22,23)/t19-/m0/s1. The smallest absolute Gasteiger partial charge is 0.255 e. The van der Waals surface area contributed by atoms with Crippen LogP contribution < -0.4 is 10.1 Å². The highest BCUT2D eigenvalue weighted by atomic mass is 16.5. The van der Waals surface area contributed by atoms with Crippen molar-refractivity contribution in [2.24, 2.45) is 0 Å². The minimum Gasteiger partial charge on any atom is -0.491 e. The van der Waals surface area contributed by atoms with E-state index in [0.29, 0.717) is 17.9 Å². The number of nitrogens with one attached hydrogen (secondary N) is 1. The maximum atomic E-state index is 12.6. The third-order valence-corrected chi connectivity index (χ3v) is 4.47. The van der Waals surface area contributed by atoms with Gasteiger partial charge in [-0.15, -0.1) is 0 Å². The Bertz CT molecular complexity index is 740. The highest BCUT2D eigenvalue weighted by molar-refractivity contribution is 6.05. The summed E-state index contributed by atoms with van der Waals surface area (Å²) in [5, 5.41) is 3.03. The summed E-state index contributed by atoms with van der Waals surface area (Å²) in [5.74, 6) is 0.568. The van der Waals surface area contributed by atoms with Crippen molar-refractivity contribution in [3.8, 4) is 5.75 Å². The third kappa shape index (κ3) is 4.40. The molecule has 0 unspecified atom stereocenters. The SMILES string of the molecule is Cc1cc(C)c(NC(=O)c2cccc(OC[C@@H]3CCCO3)c2)c(C)c1. The molecule has 0 bridgehead atoms. The molecule has 0 saturated carbocycles. The third-order valence-electron chi connectivity index (χ3n) is 4.47. The zero-order valence-corrected chi connectivity index (χ0v) is 15.1. The lowest BCUT2D eigenvalue weighted by molar-refractivity contribution is 0.0679. The molecule has 1 aliphatic rings. The Morgan fingerprint density at radius 3 is 2.64 bits per heavy atom. The molecule has 2 aromatic rings. The molecular formula is C21H25NO3. The number of anilines is 1. The molecule has 1 heterocycles. The van der Waals surface area contributed by atoms with Gasteiger partial charge < -0.3 is 14.8 Å². The van der Waals surface area contributed by atoms with Gasteiger partial charge in [-0.1, -0.05) is 23.8 Å². The van der Waals surface area contributed by atoms with Crippen molar-refractivity contribution in [3.05, 3.63) is 58.7 Å². The molecule has 25 heavy (non-hydrogen) atoms. The minimum absolute atomic E-state index is 0.127. The van der Waals surface area contributed by atoms with Crippen molar-refractivity contribution in [1.82, 2.24) is 0 Å². The molecule has 1 aliphatic heterocycles. The van der Waals surface area contributed by atoms with Crippen molar-refractivity contribution >= 4 is 11.6 Å². The predicted octanol–water partition coefficient (Wildman–Crippen LogP) is 4.42. The number of benzene rings is 2. The average Bonchev–Trinajstić information content (AvgIpc) is 3.10. The molecule has 0 spiro atoms. The zero-order chi connectivity index (χ0) is 17.8. The molecule has 3 rings (SSSR count). The van der Waals surface area contributed by atoms with Gasteiger partial charge in [-0.2, -0.15) is 0 Å². The van der Waals surface area contributed by atoms with Crippen LogP contribution in [0, 0.1) is 20.8 Å². The van der Waals surface area contributed by atoms with E-state index in [1.54, 1.807) is 12.1 Å². The normalized spacial score (nSPS) is 16.7. The number of aryl methyl sites for hydroxylation is 3. The van der Waals surface area contributed by atoms with E-state index >= 15 is 0 Å². The Morgan fingerprint density at radius 2 is 1.96 bits per heavy atom. The van der Waals surface area contributed by atoms with Gasteiger partial charge in [0.15, 0.2) is 0 Å². The topological polar surface area (TPSA) is 47.6 Å². The van der Waals surface area contributed by atoms with Crippen molar-refractivity contribution in [2.75, 3.05) is 18.5 Å². The first kappa shape index (κ1) is 17.5. The zero-order valence-electron chi connectivity index (χ0n) is 15.1. The van der Waals surface area contributed by atoms with Gasteiger partial charge in [0.1, 0.15) is 12.4 Å². The molecule has 1 fully saturated rings. The average molecular weight is 339 g/mol. The molecule has 4 nitrogen and oxygen atoms in total. The van der Waals surface area contributed by atoms with Crippen LogP contribution in [0.4, 0.5) is 5.69 Å². The lowest BCUT2D eigenvalue weighted by Crippen LogP contribution is -2.17. The van der Waals surface area contributed by atoms with E-state index < -0.39 is 0 Å². The largest absolute Gasteiger partial charge is 0.491 e. The fourth-order valence-corrected chi connectivity index (χ4v) is 3.25. The summed E-state index contributed by atoms with van der Waals surface area (Å²) in [6.07, 6.45) is 2.29. The van der Waals surface area contributed by atoms with Crippen molar-refractivity contribution in [3.63, 3.8) is 0 Å². The van der Waals surface area contributed by atoms with Crippen LogP contribution in [-0.4, -0.2) is 25.2 Å². The van der Waals surface area contributed by atoms with E-state index in [-0.39, 0.29) is 12.0 Å². The second-order valence-corrected chi connectivity index (χ2v) is 6.70. The molecule has 132 valence electrons. The van der Waals surface area contributed by atoms with Crippen LogP contribution in [0.15, 0.2) is 36.4 Å². The number of hydrogen-bond donors (Lipinski definition) is 1. The molecule has 0 aromatic heterocycles. The van der Waals surface area contributed by atoms with Crippen LogP contribution in [0.5, 0.6) is 5.75 Å². The lowest BCUT2D eigenvalue weighted by Gasteiger charge is -2.14. The van der Waals surface area contributed by atoms with Gasteiger partial charge in [0.25, 0.3) is 5.91 Å². The van der Waals surface area contributed by atoms with E-state index in [4.69, 9.17) is 9.47 Å². The van der Waals surface area contributed by atoms with Crippen LogP contribution in [-0.2, 0) is 4.74 Å². The molecule has 0 aliphatic carbocycles. The molecule has 4 heteroatoms. The quantitative estimate of drug-likeness (QED) is 0.877. The van der Waals surface area contributed by atoms with E-state index in [1.165, 1.54) is 5.56 Å². The molecule has 1 saturated heterocycles. The fraction of sp³-hybridized carbons (Fsp3) is 0.381. The van der Waals surface area contributed by atoms with E-state index in [9.17, 15) is 4.79 Å². The predicted molar refractivity (Wildman–Crippen MR) is 99.5 cm³/mol. The second-order valence-electron chi connectivity index (χ2n) is 6.70. The summed E-state index contributed by atoms with van der Waals surface area (Å²) in [4.78, 5) is 12.6. The highest BCUT2D eigenvalue weighted by Crippen LogP contribution is 2.23. The Hall–Kier alpha value is -2.33. The maximum Gasteiger partial charge on any atom is 0.255 e. The summed E-state index contributed by atoms with van der Waals surface area (Å²) >= 11 is 0. The van der Waals surface area contributed by atoms with Gasteiger partial charge in [-0.25, -0.2) is 0 Å². The second kappa shape index (κ2) is 7.70. The number of carbonyl (C=O) groups is 1. The van der Waals surface area contributed by atoms with Gasteiger partial charge in [0.2, 0.25) is 0 Å². The van der Waals surface area contributed by atoms with Crippen LogP contribution in [0.25, 0.3) is 0 Å². The van der Waals surface area contributed by atoms with Crippen molar-refractivity contribution in [2.45, 2.75) is 39.7 Å². The first-order chi connectivity index (χ1) is 12.0. The Labute approximate surface area is 149 Å². The number of carbonyl (C=O) groups excluding carboxylic acids is 1. The monoisotopic (exact) mass is 339 g/mol. The highest BCUT2D eigenvalue weighted by Gasteiger charge is 2.16. The number of amides is 1. The van der Waals surface area contributed by atoms with Gasteiger partial charge >= 0.3 is 0 Å². The van der Waals surface area contributed by atoms with Gasteiger partial charge in [0, 0.05) is 17.9 Å². The Kier molecular flexibility index (Phi) is 5.39. The maximum absolute atomic E-state index is 12.6. The molecule has 1 N–H and O–H groups in total. The van der Waals surface area contributed by atoms with E-state index in [0.717, 1.165) is 36.3 Å². The fourth-order valence-electron chi connectivity index (χ4n) is 3.25. The van der Waals surface area contributed by atoms with Gasteiger partial charge in [-0.3, -0.25) is 4.79 Å². The van der Waals surface area contributed by atoms with Gasteiger partial charge in [0.05, 0.1) is 6.10 Å². The van der Waals surface area contributed by atoms with Crippen molar-refractivity contribution in [1.29, 1.82) is 0 Å². The van der Waals surface area contributed by atoms with Crippen LogP contribution in [0.3, 0.4) is 0 Å². The van der Waals surface area contributed by atoms with E-state index in [2.05, 4.69) is 24.4 Å². The first-order valence-corrected chi connectivity index (χ1v) is 8.76. The minimum atomic E-state index is -0.127. The van der Waals surface area contributed by atoms with Crippen LogP contribution in [0.2, 0.25) is 0 Å². The molecule has 1 atom stereocenters. The Balaban J connectivity index is 1.69. The molecular weight excluding hydrogens is 314 g/mol. The number of hydrogen-bond acceptors (Lipinski definition) is 3. The Morgan fingerprint density at radius 1 is 1.20 bits per heavy atom. The number of ether oxygens (including phenoxy) is 2. The summed E-state index contributed by atoms with van der Waals surface area (Å²) < 4.78 is 11.4. The molecule has 1 amide bonds. The van der Waals surface area contributed by atoms with Crippen LogP contribution in [0.1, 0.15) is 39.9 Å². The lowest BCUT2D eigenvalue weighted by atomic mass is 10.0. The summed E-state index contributed by atoms with van der Waals surface area (Å²) in [6.45, 7) is 7.42. The number of rotatable bonds is 5. The van der Waals surface area contributed by atoms with E-state index in [1.807, 2.05) is 26.0 Å². The summed E-state index contributed by atoms with van der Waals surface area (Å²) in [6, 6.07) is 11.4. The molecule has 2 aromatic carbocycles. The summed E-state index contributed by atoms with van der Waals surface area (Å²) in [5.41, 5.74) is 4.79. The van der Waals surface area contributed by atoms with Crippen molar-refractivity contribution < 1.29 is 14.3 Å². The van der Waals surface area contributed by atoms with Crippen LogP contribution >= 0.6 is 0 Å². The van der Waals surface area contributed by atoms with Gasteiger partial charge in [-0.05, 0) is 62.9 Å².